The summed E-state index contributed by atoms with van der Waals surface area (Å²) < 4.78 is 19.2. The van der Waals surface area contributed by atoms with Gasteiger partial charge in [0.1, 0.15) is 0 Å². The summed E-state index contributed by atoms with van der Waals surface area (Å²) in [4.78, 5) is 1.29. The number of unbranched alkanes of at least 4 members (excludes halogenated alkanes) is 9. The summed E-state index contributed by atoms with van der Waals surface area (Å²) in [5, 5.41) is 5.29. The molecule has 43 heavy (non-hydrogen) atoms. The average Bonchev–Trinajstić information content (AvgIpc) is 3.57. The lowest BCUT2D eigenvalue weighted by atomic mass is 10.1. The Morgan fingerprint density at radius 3 is 1.51 bits per heavy atom. The van der Waals surface area contributed by atoms with Crippen LogP contribution in [0.25, 0.3) is 22.6 Å². The zero-order valence-corrected chi connectivity index (χ0v) is 30.9. The van der Waals surface area contributed by atoms with Gasteiger partial charge in [-0.1, -0.05) is 129 Å². The van der Waals surface area contributed by atoms with Crippen LogP contribution in [-0.4, -0.2) is 35.8 Å². The van der Waals surface area contributed by atoms with Crippen molar-refractivity contribution in [1.82, 2.24) is 0 Å². The number of ether oxygens (including phenoxy) is 3. The Morgan fingerprint density at radius 1 is 0.535 bits per heavy atom. The Morgan fingerprint density at radius 2 is 1.02 bits per heavy atom. The van der Waals surface area contributed by atoms with Gasteiger partial charge < -0.3 is 14.2 Å². The molecule has 0 aliphatic rings. The molecule has 0 N–H and O–H groups in total. The standard InChI is InChI=1S/C36H47Br3O3S/c37-21-7-1-4-10-24-40-33-28-31(16-15-30-17-19-32(20-18-30)35-14-13-27-43-35)29-34(41-25-11-5-2-8-22-38)36(33)42-26-12-6-3-9-23-39/h13-20,27-29H,1-12,21-26H2/b16-15+. The Hall–Kier alpha value is -1.28. The van der Waals surface area contributed by atoms with Gasteiger partial charge in [-0.2, -0.15) is 0 Å². The van der Waals surface area contributed by atoms with Crippen molar-refractivity contribution in [3.8, 4) is 27.7 Å². The summed E-state index contributed by atoms with van der Waals surface area (Å²) >= 11 is 12.4. The second kappa shape index (κ2) is 23.1. The highest BCUT2D eigenvalue weighted by molar-refractivity contribution is 9.09. The first kappa shape index (κ1) is 36.2. The Bertz CT molecular complexity index is 1110. The van der Waals surface area contributed by atoms with Gasteiger partial charge in [0.15, 0.2) is 11.5 Å². The first-order chi connectivity index (χ1) is 21.2. The Labute approximate surface area is 289 Å². The number of thiophene rings is 1. The molecule has 0 fully saturated rings. The minimum atomic E-state index is 0.664. The molecule has 3 rings (SSSR count). The summed E-state index contributed by atoms with van der Waals surface area (Å²) in [6.07, 6.45) is 18.1. The quantitative estimate of drug-likeness (QED) is 0.0513. The monoisotopic (exact) mass is 796 g/mol. The van der Waals surface area contributed by atoms with E-state index in [0.29, 0.717) is 19.8 Å². The van der Waals surface area contributed by atoms with E-state index in [1.54, 1.807) is 11.3 Å². The van der Waals surface area contributed by atoms with Gasteiger partial charge in [-0.25, -0.2) is 0 Å². The van der Waals surface area contributed by atoms with E-state index >= 15 is 0 Å². The van der Waals surface area contributed by atoms with Crippen LogP contribution in [0.2, 0.25) is 0 Å². The summed E-state index contributed by atoms with van der Waals surface area (Å²) in [7, 11) is 0. The van der Waals surface area contributed by atoms with Crippen LogP contribution >= 0.6 is 59.1 Å². The van der Waals surface area contributed by atoms with E-state index in [-0.39, 0.29) is 0 Å². The highest BCUT2D eigenvalue weighted by atomic mass is 79.9. The van der Waals surface area contributed by atoms with Gasteiger partial charge in [0.25, 0.3) is 0 Å². The van der Waals surface area contributed by atoms with Gasteiger partial charge in [0.05, 0.1) is 19.8 Å². The maximum Gasteiger partial charge on any atom is 0.203 e. The van der Waals surface area contributed by atoms with Crippen molar-refractivity contribution < 1.29 is 14.2 Å². The molecule has 0 aliphatic carbocycles. The molecule has 0 unspecified atom stereocenters. The molecule has 7 heteroatoms. The van der Waals surface area contributed by atoms with Crippen molar-refractivity contribution >= 4 is 71.3 Å². The first-order valence-corrected chi connectivity index (χ1v) is 20.1. The van der Waals surface area contributed by atoms with E-state index in [4.69, 9.17) is 14.2 Å². The topological polar surface area (TPSA) is 27.7 Å². The summed E-state index contributed by atoms with van der Waals surface area (Å²) in [6, 6.07) is 17.2. The summed E-state index contributed by atoms with van der Waals surface area (Å²) in [6.45, 7) is 2.01. The average molecular weight is 800 g/mol. The highest BCUT2D eigenvalue weighted by Gasteiger charge is 2.16. The molecule has 0 saturated heterocycles. The Kier molecular flexibility index (Phi) is 19.5. The molecule has 0 spiro atoms. The van der Waals surface area contributed by atoms with Crippen molar-refractivity contribution in [2.75, 3.05) is 35.8 Å². The second-order valence-corrected chi connectivity index (χ2v) is 14.0. The molecule has 236 valence electrons. The zero-order chi connectivity index (χ0) is 30.4. The predicted octanol–water partition coefficient (Wildman–Crippen LogP) is 12.6. The lowest BCUT2D eigenvalue weighted by molar-refractivity contribution is 0.234. The number of hydrogen-bond donors (Lipinski definition) is 0. The molecular weight excluding hydrogens is 752 g/mol. The fourth-order valence-corrected chi connectivity index (χ4v) is 6.55. The van der Waals surface area contributed by atoms with Crippen molar-refractivity contribution in [1.29, 1.82) is 0 Å². The molecule has 3 nitrogen and oxygen atoms in total. The van der Waals surface area contributed by atoms with E-state index in [2.05, 4.69) is 114 Å². The van der Waals surface area contributed by atoms with Crippen molar-refractivity contribution in [2.45, 2.75) is 77.0 Å². The third-order valence-electron chi connectivity index (χ3n) is 7.07. The molecule has 1 heterocycles. The van der Waals surface area contributed by atoms with Gasteiger partial charge in [-0.15, -0.1) is 11.3 Å². The second-order valence-electron chi connectivity index (χ2n) is 10.6. The molecule has 1 aromatic heterocycles. The highest BCUT2D eigenvalue weighted by Crippen LogP contribution is 2.40. The van der Waals surface area contributed by atoms with Gasteiger partial charge in [-0.05, 0) is 78.8 Å². The molecule has 0 saturated carbocycles. The van der Waals surface area contributed by atoms with Crippen LogP contribution in [0.15, 0.2) is 53.9 Å². The van der Waals surface area contributed by atoms with E-state index < -0.39 is 0 Å². The largest absolute Gasteiger partial charge is 0.490 e. The van der Waals surface area contributed by atoms with Gasteiger partial charge >= 0.3 is 0 Å². The van der Waals surface area contributed by atoms with Crippen LogP contribution in [-0.2, 0) is 0 Å². The van der Waals surface area contributed by atoms with Crippen molar-refractivity contribution in [3.63, 3.8) is 0 Å². The number of halogens is 3. The number of alkyl halides is 3. The molecule has 0 amide bonds. The SMILES string of the molecule is BrCCCCCCOc1cc(/C=C/c2ccc(-c3cccs3)cc2)cc(OCCCCCCBr)c1OCCCCCCBr. The third kappa shape index (κ3) is 14.6. The van der Waals surface area contributed by atoms with Crippen LogP contribution in [0.5, 0.6) is 17.2 Å². The number of hydrogen-bond acceptors (Lipinski definition) is 4. The van der Waals surface area contributed by atoms with Gasteiger partial charge in [-0.3, -0.25) is 0 Å². The minimum absolute atomic E-state index is 0.664. The summed E-state index contributed by atoms with van der Waals surface area (Å²) in [5.74, 6) is 2.31. The summed E-state index contributed by atoms with van der Waals surface area (Å²) in [5.41, 5.74) is 3.46. The van der Waals surface area contributed by atoms with E-state index in [9.17, 15) is 0 Å². The van der Waals surface area contributed by atoms with Crippen LogP contribution < -0.4 is 14.2 Å². The van der Waals surface area contributed by atoms with Crippen LogP contribution in [0, 0.1) is 0 Å². The normalized spacial score (nSPS) is 11.3. The van der Waals surface area contributed by atoms with E-state index in [1.165, 1.54) is 49.0 Å². The lowest BCUT2D eigenvalue weighted by Crippen LogP contribution is -2.07. The number of rotatable bonds is 24. The molecular formula is C36H47Br3O3S. The fraction of sp³-hybridized carbons (Fsp3) is 0.500. The van der Waals surface area contributed by atoms with Gasteiger partial charge in [0, 0.05) is 20.9 Å². The predicted molar refractivity (Wildman–Crippen MR) is 198 cm³/mol. The van der Waals surface area contributed by atoms with Crippen molar-refractivity contribution in [3.05, 3.63) is 65.0 Å². The molecule has 0 aliphatic heterocycles. The molecule has 0 atom stereocenters. The van der Waals surface area contributed by atoms with E-state index in [0.717, 1.165) is 82.9 Å². The maximum absolute atomic E-state index is 6.41. The molecule has 2 aromatic carbocycles. The van der Waals surface area contributed by atoms with Crippen LogP contribution in [0.1, 0.15) is 88.2 Å². The van der Waals surface area contributed by atoms with Crippen molar-refractivity contribution in [2.24, 2.45) is 0 Å². The maximum atomic E-state index is 6.41. The smallest absolute Gasteiger partial charge is 0.203 e. The molecule has 0 radical (unpaired) electrons. The Balaban J connectivity index is 1.77. The molecule has 0 bridgehead atoms. The number of benzene rings is 2. The van der Waals surface area contributed by atoms with E-state index in [1.807, 2.05) is 0 Å². The lowest BCUT2D eigenvalue weighted by Gasteiger charge is -2.18. The van der Waals surface area contributed by atoms with Gasteiger partial charge in [0.2, 0.25) is 5.75 Å². The van der Waals surface area contributed by atoms with Crippen LogP contribution in [0.4, 0.5) is 0 Å². The minimum Gasteiger partial charge on any atom is -0.490 e. The zero-order valence-electron chi connectivity index (χ0n) is 25.3. The first-order valence-electron chi connectivity index (χ1n) is 15.8. The molecule has 3 aromatic rings. The fourth-order valence-electron chi connectivity index (χ4n) is 4.63. The van der Waals surface area contributed by atoms with Crippen LogP contribution in [0.3, 0.4) is 0 Å². The third-order valence-corrected chi connectivity index (χ3v) is 9.67.